The van der Waals surface area contributed by atoms with E-state index >= 15 is 0 Å². The minimum atomic E-state index is -4.38. The van der Waals surface area contributed by atoms with Gasteiger partial charge in [-0.3, -0.25) is 4.79 Å². The van der Waals surface area contributed by atoms with E-state index in [1.54, 1.807) is 48.5 Å². The minimum Gasteiger partial charge on any atom is -0.489 e. The molecule has 3 atom stereocenters. The van der Waals surface area contributed by atoms with Gasteiger partial charge < -0.3 is 30.4 Å². The Balaban J connectivity index is 1.01. The standard InChI is InChI=1S/C45H37Cl2N5O8S2/c1-25-44(61-45(49)50-25)62(56,57)52-22-33-20-40-39(59-24-41(60-40)31-11-13-34(14-12-31)58-23-28-6-15-35(46)36(47)16-28)19-32(33)18-38(52)42(53)51-37(43(54)55)17-26-2-7-29(8-3-26)30-9-4-27(21-48)5-10-30/h2-16,19-20,37-38,41H,17-18,22-24H2,1H3,(H2,49,50)(H,51,53)(H,54,55)/t37-,38?,41-/m1/s1. The average molecular weight is 911 g/mol. The number of nitriles is 1. The van der Waals surface area contributed by atoms with Crippen LogP contribution in [0.5, 0.6) is 17.2 Å². The van der Waals surface area contributed by atoms with E-state index in [2.05, 4.69) is 16.4 Å². The van der Waals surface area contributed by atoms with E-state index in [9.17, 15) is 23.1 Å². The van der Waals surface area contributed by atoms with Crippen LogP contribution in [0.2, 0.25) is 10.0 Å². The van der Waals surface area contributed by atoms with Gasteiger partial charge in [0.2, 0.25) is 5.91 Å². The molecule has 0 bridgehead atoms. The molecule has 0 saturated carbocycles. The molecular formula is C45H37Cl2N5O8S2. The van der Waals surface area contributed by atoms with Crippen molar-refractivity contribution in [1.29, 1.82) is 5.26 Å². The molecule has 0 radical (unpaired) electrons. The molecule has 17 heteroatoms. The highest BCUT2D eigenvalue weighted by molar-refractivity contribution is 7.91. The molecule has 1 aromatic heterocycles. The van der Waals surface area contributed by atoms with E-state index in [1.165, 1.54) is 6.92 Å². The fourth-order valence-corrected chi connectivity index (χ4v) is 10.7. The number of aromatic nitrogens is 1. The van der Waals surface area contributed by atoms with E-state index in [4.69, 9.17) is 48.4 Å². The van der Waals surface area contributed by atoms with Gasteiger partial charge in [0.15, 0.2) is 26.9 Å². The third kappa shape index (κ3) is 9.06. The van der Waals surface area contributed by atoms with Crippen LogP contribution >= 0.6 is 34.5 Å². The summed E-state index contributed by atoms with van der Waals surface area (Å²) in [6.07, 6.45) is -0.637. The third-order valence-electron chi connectivity index (χ3n) is 10.6. The molecule has 0 saturated heterocycles. The number of halogens is 2. The number of nitrogen functional groups attached to an aromatic ring is 1. The summed E-state index contributed by atoms with van der Waals surface area (Å²) >= 11 is 13.0. The number of carboxylic acid groups (broad SMARTS) is 1. The zero-order valence-corrected chi connectivity index (χ0v) is 36.0. The number of rotatable bonds is 12. The third-order valence-corrected chi connectivity index (χ3v) is 14.8. The van der Waals surface area contributed by atoms with Crippen molar-refractivity contribution in [2.75, 3.05) is 12.3 Å². The molecule has 316 valence electrons. The lowest BCUT2D eigenvalue weighted by Gasteiger charge is -2.36. The summed E-state index contributed by atoms with van der Waals surface area (Å²) in [7, 11) is -4.38. The molecular weight excluding hydrogens is 874 g/mol. The number of hydrogen-bond acceptors (Lipinski definition) is 11. The van der Waals surface area contributed by atoms with Crippen molar-refractivity contribution in [1.82, 2.24) is 14.6 Å². The Morgan fingerprint density at radius 1 is 0.968 bits per heavy atom. The molecule has 62 heavy (non-hydrogen) atoms. The highest BCUT2D eigenvalue weighted by Crippen LogP contribution is 2.42. The van der Waals surface area contributed by atoms with Gasteiger partial charge in [0, 0.05) is 13.0 Å². The lowest BCUT2D eigenvalue weighted by molar-refractivity contribution is -0.142. The van der Waals surface area contributed by atoms with Crippen molar-refractivity contribution in [3.8, 4) is 34.4 Å². The number of benzene rings is 5. The normalized spacial score (nSPS) is 16.4. The van der Waals surface area contributed by atoms with Crippen LogP contribution < -0.4 is 25.3 Å². The van der Waals surface area contributed by atoms with Crippen LogP contribution in [0.25, 0.3) is 11.1 Å². The van der Waals surface area contributed by atoms with Gasteiger partial charge in [0.25, 0.3) is 10.0 Å². The Morgan fingerprint density at radius 3 is 2.29 bits per heavy atom. The molecule has 0 spiro atoms. The second-order valence-electron chi connectivity index (χ2n) is 14.8. The summed E-state index contributed by atoms with van der Waals surface area (Å²) in [6.45, 7) is 1.77. The molecule has 13 nitrogen and oxygen atoms in total. The van der Waals surface area contributed by atoms with Crippen LogP contribution in [-0.4, -0.2) is 53.4 Å². The molecule has 0 aliphatic carbocycles. The number of amides is 1. The number of fused-ring (bicyclic) bond motifs is 2. The van der Waals surface area contributed by atoms with Crippen molar-refractivity contribution in [3.05, 3.63) is 152 Å². The first-order valence-electron chi connectivity index (χ1n) is 19.2. The van der Waals surface area contributed by atoms with Gasteiger partial charge in [0.05, 0.1) is 27.4 Å². The number of nitrogens with one attached hydrogen (secondary N) is 1. The zero-order valence-electron chi connectivity index (χ0n) is 32.9. The molecule has 5 aromatic carbocycles. The van der Waals surface area contributed by atoms with E-state index in [1.807, 2.05) is 54.6 Å². The summed E-state index contributed by atoms with van der Waals surface area (Å²) in [6, 6.07) is 29.8. The van der Waals surface area contributed by atoms with E-state index in [0.717, 1.165) is 37.9 Å². The number of carbonyl (C=O) groups is 2. The van der Waals surface area contributed by atoms with Gasteiger partial charge >= 0.3 is 5.97 Å². The van der Waals surface area contributed by atoms with Gasteiger partial charge in [-0.2, -0.15) is 9.57 Å². The predicted octanol–water partition coefficient (Wildman–Crippen LogP) is 7.90. The fraction of sp³-hybridized carbons (Fsp3) is 0.200. The summed E-state index contributed by atoms with van der Waals surface area (Å²) in [5, 5.41) is 23.0. The van der Waals surface area contributed by atoms with E-state index in [-0.39, 0.29) is 41.0 Å². The van der Waals surface area contributed by atoms with Gasteiger partial charge in [0.1, 0.15) is 31.0 Å². The number of anilines is 1. The summed E-state index contributed by atoms with van der Waals surface area (Å²) in [5.41, 5.74) is 11.9. The number of sulfonamides is 1. The Hall–Kier alpha value is -6.15. The zero-order chi connectivity index (χ0) is 43.7. The number of thiazole rings is 1. The first-order chi connectivity index (χ1) is 29.7. The lowest BCUT2D eigenvalue weighted by atomic mass is 9.94. The Labute approximate surface area is 371 Å². The molecule has 2 aliphatic rings. The maximum absolute atomic E-state index is 14.4. The highest BCUT2D eigenvalue weighted by atomic mass is 35.5. The molecule has 0 fully saturated rings. The van der Waals surface area contributed by atoms with Crippen molar-refractivity contribution in [2.45, 2.75) is 55.3 Å². The minimum absolute atomic E-state index is 0.0485. The van der Waals surface area contributed by atoms with Gasteiger partial charge in [-0.1, -0.05) is 89.1 Å². The molecule has 4 N–H and O–H groups in total. The molecule has 1 amide bonds. The first-order valence-corrected chi connectivity index (χ1v) is 22.3. The Kier molecular flexibility index (Phi) is 12.1. The van der Waals surface area contributed by atoms with Crippen LogP contribution in [0.4, 0.5) is 5.13 Å². The van der Waals surface area contributed by atoms with Crippen molar-refractivity contribution >= 4 is 61.6 Å². The van der Waals surface area contributed by atoms with Crippen molar-refractivity contribution < 1.29 is 37.3 Å². The maximum atomic E-state index is 14.4. The summed E-state index contributed by atoms with van der Waals surface area (Å²) in [4.78, 5) is 30.9. The number of nitrogens with zero attached hydrogens (tertiary/aromatic N) is 3. The van der Waals surface area contributed by atoms with Crippen molar-refractivity contribution in [3.63, 3.8) is 0 Å². The number of carboxylic acids is 1. The number of hydrogen-bond donors (Lipinski definition) is 3. The Bertz CT molecular complexity index is 2830. The number of aliphatic carboxylic acids is 1. The largest absolute Gasteiger partial charge is 0.489 e. The molecule has 6 aromatic rings. The molecule has 1 unspecified atom stereocenters. The molecule has 8 rings (SSSR count). The lowest BCUT2D eigenvalue weighted by Crippen LogP contribution is -2.55. The molecule has 3 heterocycles. The summed E-state index contributed by atoms with van der Waals surface area (Å²) < 4.78 is 48.3. The Morgan fingerprint density at radius 2 is 1.65 bits per heavy atom. The van der Waals surface area contributed by atoms with E-state index in [0.29, 0.717) is 56.2 Å². The van der Waals surface area contributed by atoms with Gasteiger partial charge in [-0.25, -0.2) is 18.2 Å². The number of nitrogens with two attached hydrogens (primary N) is 1. The second kappa shape index (κ2) is 17.7. The fourth-order valence-electron chi connectivity index (χ4n) is 7.36. The second-order valence-corrected chi connectivity index (χ2v) is 18.7. The van der Waals surface area contributed by atoms with E-state index < -0.39 is 40.1 Å². The van der Waals surface area contributed by atoms with Crippen LogP contribution in [0, 0.1) is 18.3 Å². The number of carbonyl (C=O) groups excluding carboxylic acids is 1. The smallest absolute Gasteiger partial charge is 0.326 e. The van der Waals surface area contributed by atoms with Crippen LogP contribution in [-0.2, 0) is 45.6 Å². The first kappa shape index (κ1) is 42.5. The quantitative estimate of drug-likeness (QED) is 0.108. The predicted molar refractivity (Wildman–Crippen MR) is 234 cm³/mol. The van der Waals surface area contributed by atoms with Crippen molar-refractivity contribution in [2.24, 2.45) is 0 Å². The van der Waals surface area contributed by atoms with Gasteiger partial charge in [-0.05, 0) is 101 Å². The average Bonchev–Trinajstić information content (AvgIpc) is 3.63. The summed E-state index contributed by atoms with van der Waals surface area (Å²) in [5.74, 6) is -0.611. The SMILES string of the molecule is Cc1nc(N)sc1S(=O)(=O)N1Cc2cc3c(cc2CC1C(=O)N[C@H](Cc1ccc(-c2ccc(C#N)cc2)cc1)C(=O)O)OC[C@H](c1ccc(OCc2ccc(Cl)c(Cl)c2)cc1)O3. The maximum Gasteiger partial charge on any atom is 0.326 e. The van der Waals surface area contributed by atoms with Crippen LogP contribution in [0.1, 0.15) is 45.2 Å². The number of aryl methyl sites for hydroxylation is 1. The monoisotopic (exact) mass is 909 g/mol. The van der Waals surface area contributed by atoms with Crippen LogP contribution in [0.3, 0.4) is 0 Å². The van der Waals surface area contributed by atoms with Gasteiger partial charge in [-0.15, -0.1) is 0 Å². The topological polar surface area (TPSA) is 194 Å². The van der Waals surface area contributed by atoms with Crippen LogP contribution in [0.15, 0.2) is 107 Å². The number of ether oxygens (including phenoxy) is 3. The molecule has 2 aliphatic heterocycles. The highest BCUT2D eigenvalue weighted by Gasteiger charge is 2.43.